The predicted octanol–water partition coefficient (Wildman–Crippen LogP) is -0.734. The molecule has 1 fully saturated rings. The normalized spacial score (nSPS) is 18.6. The van der Waals surface area contributed by atoms with Gasteiger partial charge in [0.2, 0.25) is 12.3 Å². The van der Waals surface area contributed by atoms with Crippen LogP contribution in [0, 0.1) is 5.92 Å². The lowest BCUT2D eigenvalue weighted by Crippen LogP contribution is -3.00. The molecule has 5 rings (SSSR count). The minimum Gasteiger partial charge on any atom is -1.00 e. The van der Waals surface area contributed by atoms with Gasteiger partial charge in [-0.15, -0.1) is 21.1 Å². The molecule has 2 aromatic carbocycles. The first-order valence-corrected chi connectivity index (χ1v) is 15.8. The van der Waals surface area contributed by atoms with E-state index in [-0.39, 0.29) is 49.4 Å². The van der Waals surface area contributed by atoms with Gasteiger partial charge in [0, 0.05) is 0 Å². The van der Waals surface area contributed by atoms with Crippen molar-refractivity contribution in [3.05, 3.63) is 95.3 Å². The number of β-lactam (4-membered cyclic amide) rings is 1. The number of hydrogen-bond donors (Lipinski definition) is 2. The maximum absolute atomic E-state index is 14.4. The van der Waals surface area contributed by atoms with Gasteiger partial charge in [0.05, 0.1) is 17.0 Å². The van der Waals surface area contributed by atoms with Crippen molar-refractivity contribution in [3.63, 3.8) is 0 Å². The smallest absolute Gasteiger partial charge is 0.356 e. The summed E-state index contributed by atoms with van der Waals surface area (Å²) in [5.74, 6) is -2.87. The summed E-state index contributed by atoms with van der Waals surface area (Å²) in [6.07, 6.45) is 1.35. The lowest BCUT2D eigenvalue weighted by Gasteiger charge is -2.50. The van der Waals surface area contributed by atoms with Crippen molar-refractivity contribution in [2.24, 2.45) is 11.7 Å². The van der Waals surface area contributed by atoms with Crippen molar-refractivity contribution in [3.8, 4) is 0 Å². The van der Waals surface area contributed by atoms with Crippen molar-refractivity contribution in [2.75, 3.05) is 11.9 Å². The van der Waals surface area contributed by atoms with Crippen molar-refractivity contribution in [1.82, 2.24) is 9.58 Å². The molecule has 2 aliphatic rings. The first kappa shape index (κ1) is 36.6. The molecule has 13 nitrogen and oxygen atoms in total. The lowest BCUT2D eigenvalue weighted by molar-refractivity contribution is -0.768. The van der Waals surface area contributed by atoms with E-state index in [0.717, 1.165) is 11.8 Å². The molecule has 3 heterocycles. The summed E-state index contributed by atoms with van der Waals surface area (Å²) in [4.78, 5) is 64.5. The minimum atomic E-state index is -1.16. The molecule has 1 aromatic heterocycles. The zero-order valence-corrected chi connectivity index (χ0v) is 29.5. The number of benzene rings is 2. The van der Waals surface area contributed by atoms with Crippen LogP contribution in [0.5, 0.6) is 0 Å². The molecule has 254 valence electrons. The Kier molecular flexibility index (Phi) is 12.0. The van der Waals surface area contributed by atoms with Gasteiger partial charge in [-0.05, 0) is 31.9 Å². The maximum Gasteiger partial charge on any atom is 0.356 e. The minimum absolute atomic E-state index is 0. The number of aromatic nitrogens is 2. The maximum atomic E-state index is 14.4. The SMILES string of the molecule is CC(C)(C)OC(=O)[C@@H]1C(=O)N2C(C(=O)OC(c3ccccc3)c3ccccc3)=C(C[n+]3ccc(NC=O)n3CCOC=O)C(N)S[C@H]12.[I-]. The number of rotatable bonds is 13. The highest BCUT2D eigenvalue weighted by molar-refractivity contribution is 8.00. The van der Waals surface area contributed by atoms with Crippen LogP contribution in [0.15, 0.2) is 84.2 Å². The van der Waals surface area contributed by atoms with Crippen LogP contribution in [-0.4, -0.2) is 63.3 Å². The Balaban J connectivity index is 0.00000520. The van der Waals surface area contributed by atoms with E-state index in [1.165, 1.54) is 4.90 Å². The predicted molar refractivity (Wildman–Crippen MR) is 170 cm³/mol. The van der Waals surface area contributed by atoms with Crippen molar-refractivity contribution in [2.45, 2.75) is 56.3 Å². The fourth-order valence-corrected chi connectivity index (χ4v) is 6.85. The Morgan fingerprint density at radius 2 is 1.67 bits per heavy atom. The molecule has 0 bridgehead atoms. The van der Waals surface area contributed by atoms with Crippen molar-refractivity contribution in [1.29, 1.82) is 0 Å². The highest BCUT2D eigenvalue weighted by Gasteiger charge is 2.60. The van der Waals surface area contributed by atoms with Gasteiger partial charge in [-0.1, -0.05) is 60.7 Å². The van der Waals surface area contributed by atoms with Crippen LogP contribution >= 0.6 is 11.8 Å². The summed E-state index contributed by atoms with van der Waals surface area (Å²) in [5, 5.41) is 0.962. The zero-order chi connectivity index (χ0) is 33.7. The van der Waals surface area contributed by atoms with Crippen LogP contribution in [0.1, 0.15) is 38.0 Å². The van der Waals surface area contributed by atoms with Gasteiger partial charge in [-0.3, -0.25) is 24.1 Å². The van der Waals surface area contributed by atoms with E-state index in [1.54, 1.807) is 42.4 Å². The van der Waals surface area contributed by atoms with Crippen LogP contribution in [0.25, 0.3) is 0 Å². The van der Waals surface area contributed by atoms with Gasteiger partial charge < -0.3 is 49.2 Å². The van der Waals surface area contributed by atoms with Crippen molar-refractivity contribution < 1.29 is 66.8 Å². The number of halogens is 1. The van der Waals surface area contributed by atoms with Gasteiger partial charge in [-0.2, -0.15) is 0 Å². The first-order valence-electron chi connectivity index (χ1n) is 14.9. The Bertz CT molecular complexity index is 1640. The molecular formula is C33H36IN5O8S. The highest BCUT2D eigenvalue weighted by atomic mass is 127. The third kappa shape index (κ3) is 7.90. The molecule has 2 aliphatic heterocycles. The second-order valence-corrected chi connectivity index (χ2v) is 13.1. The number of carbonyl (C=O) groups is 5. The topological polar surface area (TPSA) is 163 Å². The van der Waals surface area contributed by atoms with Gasteiger partial charge >= 0.3 is 11.9 Å². The van der Waals surface area contributed by atoms with E-state index >= 15 is 0 Å². The second-order valence-electron chi connectivity index (χ2n) is 11.8. The number of esters is 2. The molecule has 3 aromatic rings. The molecule has 0 saturated carbocycles. The second kappa shape index (κ2) is 15.8. The standard InChI is InChI=1S/C33H35N5O8S.HI/c1-33(2,3)46-31(42)25-29(41)38-26(32(43)45-27(21-10-6-4-7-11-21)22-12-8-5-9-13-22)23(28(34)47-30(25)38)18-36-15-14-24(35-19-39)37(36)16-17-44-20-40;/h4-15,19-20,25,27-28,30H,16-18,34H2,1-3H3;1H/t25-,28?,30-;/m1./s1. The number of amides is 2. The van der Waals surface area contributed by atoms with Crippen LogP contribution in [0.2, 0.25) is 0 Å². The fraction of sp³-hybridized carbons (Fsp3) is 0.333. The van der Waals surface area contributed by atoms with Gasteiger partial charge in [-0.25, -0.2) is 4.79 Å². The number of nitrogens with one attached hydrogen (secondary N) is 1. The van der Waals surface area contributed by atoms with E-state index in [2.05, 4.69) is 5.32 Å². The molecule has 2 amide bonds. The van der Waals surface area contributed by atoms with E-state index in [1.807, 2.05) is 60.7 Å². The Morgan fingerprint density at radius 1 is 1.04 bits per heavy atom. The first-order chi connectivity index (χ1) is 22.5. The summed E-state index contributed by atoms with van der Waals surface area (Å²) in [7, 11) is 0. The molecule has 15 heteroatoms. The van der Waals surface area contributed by atoms with E-state index in [0.29, 0.717) is 35.4 Å². The van der Waals surface area contributed by atoms with Crippen LogP contribution in [-0.2, 0) is 51.3 Å². The Morgan fingerprint density at radius 3 is 2.23 bits per heavy atom. The summed E-state index contributed by atoms with van der Waals surface area (Å²) in [5.41, 5.74) is 7.58. The number of carbonyl (C=O) groups excluding carboxylic acids is 5. The quantitative estimate of drug-likeness (QED) is 0.0330. The number of hydrogen-bond acceptors (Lipinski definition) is 10. The van der Waals surface area contributed by atoms with Crippen LogP contribution in [0.4, 0.5) is 5.82 Å². The molecule has 0 spiro atoms. The van der Waals surface area contributed by atoms with E-state index < -0.39 is 46.2 Å². The lowest BCUT2D eigenvalue weighted by atomic mass is 9.94. The fourth-order valence-electron chi connectivity index (χ4n) is 5.48. The molecule has 48 heavy (non-hydrogen) atoms. The third-order valence-electron chi connectivity index (χ3n) is 7.52. The van der Waals surface area contributed by atoms with E-state index in [4.69, 9.17) is 19.9 Å². The molecule has 3 atom stereocenters. The number of fused-ring (bicyclic) bond motifs is 1. The summed E-state index contributed by atoms with van der Waals surface area (Å²) >= 11 is 1.16. The highest BCUT2D eigenvalue weighted by Crippen LogP contribution is 2.47. The summed E-state index contributed by atoms with van der Waals surface area (Å²) in [6, 6.07) is 20.0. The molecule has 1 unspecified atom stereocenters. The molecular weight excluding hydrogens is 753 g/mol. The average molecular weight is 790 g/mol. The van der Waals surface area contributed by atoms with Gasteiger partial charge in [0.15, 0.2) is 30.6 Å². The van der Waals surface area contributed by atoms with Gasteiger partial charge in [0.1, 0.15) is 29.8 Å². The molecule has 0 aliphatic carbocycles. The summed E-state index contributed by atoms with van der Waals surface area (Å²) < 4.78 is 19.9. The monoisotopic (exact) mass is 789 g/mol. The number of nitrogens with zero attached hydrogens (tertiary/aromatic N) is 3. The molecule has 3 N–H and O–H groups in total. The average Bonchev–Trinajstić information content (AvgIpc) is 3.41. The largest absolute Gasteiger partial charge is 1.00 e. The third-order valence-corrected chi connectivity index (χ3v) is 8.86. The van der Waals surface area contributed by atoms with E-state index in [9.17, 15) is 24.0 Å². The number of nitrogens with two attached hydrogens (primary N) is 1. The summed E-state index contributed by atoms with van der Waals surface area (Å²) in [6.45, 7) is 5.60. The number of anilines is 1. The van der Waals surface area contributed by atoms with Crippen molar-refractivity contribution >= 4 is 48.3 Å². The van der Waals surface area contributed by atoms with Crippen LogP contribution < -0.4 is 39.7 Å². The Hall–Kier alpha value is -4.22. The van der Waals surface area contributed by atoms with Gasteiger partial charge in [0.25, 0.3) is 6.47 Å². The molecule has 0 radical (unpaired) electrons. The Labute approximate surface area is 298 Å². The van der Waals surface area contributed by atoms with Crippen LogP contribution in [0.3, 0.4) is 0 Å². The number of ether oxygens (including phenoxy) is 3. The molecule has 1 saturated heterocycles. The zero-order valence-electron chi connectivity index (χ0n) is 26.5. The number of thioether (sulfide) groups is 1.